The summed E-state index contributed by atoms with van der Waals surface area (Å²) in [6.45, 7) is 4.92. The lowest BCUT2D eigenvalue weighted by Gasteiger charge is -2.54. The van der Waals surface area contributed by atoms with Gasteiger partial charge < -0.3 is 15.2 Å². The van der Waals surface area contributed by atoms with Crippen LogP contribution in [0.25, 0.3) is 11.3 Å². The minimum Gasteiger partial charge on any atom is -0.509 e. The summed E-state index contributed by atoms with van der Waals surface area (Å²) in [5, 5.41) is 16.9. The Hall–Kier alpha value is -3.63. The molecule has 3 heterocycles. The minimum atomic E-state index is -3.16. The number of hydrazine groups is 1. The van der Waals surface area contributed by atoms with Gasteiger partial charge in [0.1, 0.15) is 17.9 Å². The number of halogens is 4. The molecule has 2 fully saturated rings. The van der Waals surface area contributed by atoms with Crippen molar-refractivity contribution in [3.8, 4) is 17.0 Å². The molecule has 3 aliphatic rings. The topological polar surface area (TPSA) is 98.2 Å². The highest BCUT2D eigenvalue weighted by Gasteiger charge is 2.55. The van der Waals surface area contributed by atoms with Crippen LogP contribution in [0.4, 0.5) is 23.2 Å². The quantitative estimate of drug-likeness (QED) is 0.122. The molecule has 1 saturated heterocycles. The number of amides is 2. The van der Waals surface area contributed by atoms with Crippen LogP contribution in [0.1, 0.15) is 62.6 Å². The number of hydrogen-bond acceptors (Lipinski definition) is 7. The van der Waals surface area contributed by atoms with E-state index in [9.17, 15) is 23.5 Å². The van der Waals surface area contributed by atoms with Crippen molar-refractivity contribution < 1.29 is 37.0 Å². The zero-order chi connectivity index (χ0) is 37.6. The summed E-state index contributed by atoms with van der Waals surface area (Å²) in [4.78, 5) is 34.2. The molecule has 2 amide bonds. The number of carbonyl (C=O) groups excluding carboxylic acids is 2. The molecular formula is C37H43F4N5O4P2. The van der Waals surface area contributed by atoms with E-state index in [1.54, 1.807) is 25.2 Å². The third-order valence-corrected chi connectivity index (χ3v) is 10.9. The Kier molecular flexibility index (Phi) is 10.7. The number of pyridine rings is 1. The summed E-state index contributed by atoms with van der Waals surface area (Å²) in [6.07, 6.45) is 4.94. The van der Waals surface area contributed by atoms with Crippen LogP contribution in [0.15, 0.2) is 60.0 Å². The first-order chi connectivity index (χ1) is 24.5. The van der Waals surface area contributed by atoms with Gasteiger partial charge in [-0.05, 0) is 88.0 Å². The molecule has 52 heavy (non-hydrogen) atoms. The second kappa shape index (κ2) is 14.7. The molecule has 2 aromatic carbocycles. The molecule has 0 bridgehead atoms. The number of benzene rings is 2. The Morgan fingerprint density at radius 3 is 2.37 bits per heavy atom. The highest BCUT2D eigenvalue weighted by molar-refractivity contribution is 7.38. The van der Waals surface area contributed by atoms with Crippen molar-refractivity contribution in [1.82, 2.24) is 19.9 Å². The number of nitrogens with one attached hydrogen (secondary N) is 1. The third kappa shape index (κ3) is 7.43. The van der Waals surface area contributed by atoms with Gasteiger partial charge in [-0.15, -0.1) is 18.5 Å². The Bertz CT molecular complexity index is 1910. The number of alkyl halides is 2. The van der Waals surface area contributed by atoms with E-state index >= 15 is 8.78 Å². The molecule has 1 saturated carbocycles. The first-order valence-corrected chi connectivity index (χ1v) is 18.4. The monoisotopic (exact) mass is 759 g/mol. The smallest absolute Gasteiger partial charge is 0.277 e. The van der Waals surface area contributed by atoms with Crippen LogP contribution in [0.3, 0.4) is 0 Å². The number of likely N-dealkylation sites (N-methyl/N-ethyl adjacent to an activating group) is 1. The average molecular weight is 760 g/mol. The molecule has 15 heteroatoms. The van der Waals surface area contributed by atoms with Crippen molar-refractivity contribution >= 4 is 36.0 Å². The average Bonchev–Trinajstić information content (AvgIpc) is 3.58. The van der Waals surface area contributed by atoms with Crippen LogP contribution in [0, 0.1) is 11.6 Å². The van der Waals surface area contributed by atoms with Gasteiger partial charge in [0.25, 0.3) is 17.7 Å². The van der Waals surface area contributed by atoms with Crippen molar-refractivity contribution in [2.24, 2.45) is 0 Å². The van der Waals surface area contributed by atoms with Crippen LogP contribution in [-0.2, 0) is 27.0 Å². The number of nitrogens with zero attached hydrogens (tertiary/aromatic N) is 4. The summed E-state index contributed by atoms with van der Waals surface area (Å²) >= 11 is 0. The first-order valence-electron chi connectivity index (χ1n) is 17.2. The number of aliphatic hydroxyl groups excluding tert-OH is 1. The van der Waals surface area contributed by atoms with Gasteiger partial charge >= 0.3 is 0 Å². The molecule has 278 valence electrons. The second-order valence-corrected chi connectivity index (χ2v) is 17.1. The van der Waals surface area contributed by atoms with Crippen molar-refractivity contribution in [3.63, 3.8) is 0 Å². The molecule has 2 unspecified atom stereocenters. The second-order valence-electron chi connectivity index (χ2n) is 14.1. The molecule has 6 rings (SSSR count). The summed E-state index contributed by atoms with van der Waals surface area (Å²) in [6, 6.07) is 10.1. The molecule has 2 aliphatic heterocycles. The van der Waals surface area contributed by atoms with E-state index in [4.69, 9.17) is 4.74 Å². The maximum absolute atomic E-state index is 15.5. The van der Waals surface area contributed by atoms with E-state index in [1.807, 2.05) is 6.92 Å². The first kappa shape index (κ1) is 38.1. The summed E-state index contributed by atoms with van der Waals surface area (Å²) < 4.78 is 64.9. The SMILES string of the molecule is CN1N(Cc2ccc(OCCN3CCCC3)c(F)c2F)C(=O)C(C(=O)Nc2ccc(C(C)(P)P)cc2-c2cc(C(C)(F)F)ccn2)=C(O)C12CCC2. The Morgan fingerprint density at radius 2 is 1.73 bits per heavy atom. The van der Waals surface area contributed by atoms with Gasteiger partial charge in [0, 0.05) is 48.3 Å². The van der Waals surface area contributed by atoms with Gasteiger partial charge in [-0.25, -0.2) is 18.2 Å². The molecule has 1 aromatic heterocycles. The summed E-state index contributed by atoms with van der Waals surface area (Å²) in [5.41, 5.74) is -0.714. The number of hydrogen-bond donors (Lipinski definition) is 2. The third-order valence-electron chi connectivity index (χ3n) is 10.3. The number of anilines is 1. The maximum Gasteiger partial charge on any atom is 0.277 e. The molecule has 1 aliphatic carbocycles. The van der Waals surface area contributed by atoms with Gasteiger partial charge in [0.15, 0.2) is 11.6 Å². The fourth-order valence-electron chi connectivity index (χ4n) is 6.93. The molecule has 3 aromatic rings. The predicted octanol–water partition coefficient (Wildman–Crippen LogP) is 7.10. The van der Waals surface area contributed by atoms with E-state index < -0.39 is 57.7 Å². The Labute approximate surface area is 305 Å². The Balaban J connectivity index is 1.30. The highest BCUT2D eigenvalue weighted by Crippen LogP contribution is 2.47. The molecule has 2 atom stereocenters. The van der Waals surface area contributed by atoms with Crippen LogP contribution in [0.5, 0.6) is 5.75 Å². The minimum absolute atomic E-state index is 0.144. The Morgan fingerprint density at radius 1 is 1.02 bits per heavy atom. The van der Waals surface area contributed by atoms with Crippen molar-refractivity contribution in [3.05, 3.63) is 88.3 Å². The summed E-state index contributed by atoms with van der Waals surface area (Å²) in [7, 11) is 6.90. The van der Waals surface area contributed by atoms with Crippen molar-refractivity contribution in [2.45, 2.75) is 68.9 Å². The standard InChI is InChI=1S/C37H43F4N5O4P2/c1-35(40,41)23-11-14-42-27(20-23)25-19-24(36(2,51)52)8-9-26(25)43-33(48)29-32(47)37(12-6-13-37)44(3)46(34(29)49)21-22-7-10-28(31(39)30(22)38)50-18-17-45-15-4-5-16-45/h7-11,14,19-20,47H,4-6,12-13,15-18,21,51-52H2,1-3H3,(H,43,48). The zero-order valence-corrected chi connectivity index (χ0v) is 31.6. The van der Waals surface area contributed by atoms with Crippen LogP contribution in [-0.4, -0.2) is 75.7 Å². The number of rotatable bonds is 11. The highest BCUT2D eigenvalue weighted by atomic mass is 31.1. The zero-order valence-electron chi connectivity index (χ0n) is 29.3. The lowest BCUT2D eigenvalue weighted by atomic mass is 9.72. The fraction of sp³-hybridized carbons (Fsp3) is 0.432. The number of aliphatic hydroxyl groups is 1. The van der Waals surface area contributed by atoms with Crippen molar-refractivity contribution in [2.75, 3.05) is 38.6 Å². The van der Waals surface area contributed by atoms with Gasteiger partial charge in [-0.1, -0.05) is 12.1 Å². The molecule has 1 spiro atoms. The lowest BCUT2D eigenvalue weighted by molar-refractivity contribution is -0.172. The van der Waals surface area contributed by atoms with Gasteiger partial charge in [0.2, 0.25) is 5.82 Å². The largest absolute Gasteiger partial charge is 0.509 e. The van der Waals surface area contributed by atoms with Crippen LogP contribution >= 0.6 is 18.5 Å². The maximum atomic E-state index is 15.5. The number of carbonyl (C=O) groups is 2. The van der Waals surface area contributed by atoms with E-state index in [1.165, 1.54) is 35.5 Å². The van der Waals surface area contributed by atoms with Gasteiger partial charge in [-0.3, -0.25) is 24.5 Å². The fourth-order valence-corrected chi connectivity index (χ4v) is 7.29. The van der Waals surface area contributed by atoms with Crippen molar-refractivity contribution in [1.29, 1.82) is 0 Å². The number of ether oxygens (including phenoxy) is 1. The molecular weight excluding hydrogens is 716 g/mol. The lowest BCUT2D eigenvalue weighted by Crippen LogP contribution is -2.65. The molecule has 9 nitrogen and oxygen atoms in total. The van der Waals surface area contributed by atoms with Crippen LogP contribution < -0.4 is 10.1 Å². The number of aromatic nitrogens is 1. The van der Waals surface area contributed by atoms with Gasteiger partial charge in [0.05, 0.1) is 23.5 Å². The molecule has 2 N–H and O–H groups in total. The van der Waals surface area contributed by atoms with E-state index in [0.717, 1.165) is 43.4 Å². The molecule has 0 radical (unpaired) electrons. The van der Waals surface area contributed by atoms with E-state index in [-0.39, 0.29) is 34.9 Å². The normalized spacial score (nSPS) is 18.2. The summed E-state index contributed by atoms with van der Waals surface area (Å²) in [5.74, 6) is -8.06. The predicted molar refractivity (Wildman–Crippen MR) is 197 cm³/mol. The van der Waals surface area contributed by atoms with Crippen LogP contribution in [0.2, 0.25) is 0 Å². The van der Waals surface area contributed by atoms with Gasteiger partial charge in [-0.2, -0.15) is 4.39 Å². The van der Waals surface area contributed by atoms with E-state index in [0.29, 0.717) is 31.4 Å². The van der Waals surface area contributed by atoms with E-state index in [2.05, 4.69) is 33.7 Å². The number of likely N-dealkylation sites (tertiary alicyclic amines) is 1.